The minimum absolute atomic E-state index is 0.275. The molecule has 0 spiro atoms. The van der Waals surface area contributed by atoms with E-state index in [1.54, 1.807) is 7.11 Å². The smallest absolute Gasteiger partial charge is 0.0701 e. The fraction of sp³-hybridized carbons (Fsp3) is 0.818. The molecule has 3 heteroatoms. The van der Waals surface area contributed by atoms with Gasteiger partial charge in [0.05, 0.1) is 19.8 Å². The van der Waals surface area contributed by atoms with Gasteiger partial charge in [-0.15, -0.1) is 12.3 Å². The third-order valence-electron chi connectivity index (χ3n) is 1.80. The maximum atomic E-state index is 5.40. The second-order valence-electron chi connectivity index (χ2n) is 3.13. The summed E-state index contributed by atoms with van der Waals surface area (Å²) < 4.78 is 10.3. The van der Waals surface area contributed by atoms with Gasteiger partial charge in [-0.3, -0.25) is 0 Å². The molecule has 14 heavy (non-hydrogen) atoms. The van der Waals surface area contributed by atoms with Crippen molar-refractivity contribution in [1.82, 2.24) is 5.32 Å². The molecule has 0 saturated carbocycles. The molecule has 0 amide bonds. The van der Waals surface area contributed by atoms with E-state index in [1.807, 2.05) is 0 Å². The van der Waals surface area contributed by atoms with Crippen LogP contribution in [0.5, 0.6) is 0 Å². The monoisotopic (exact) mass is 199 g/mol. The summed E-state index contributed by atoms with van der Waals surface area (Å²) in [5, 5.41) is 3.34. The number of terminal acetylenes is 1. The second kappa shape index (κ2) is 10.5. The molecule has 0 aromatic carbocycles. The molecule has 1 atom stereocenters. The number of ether oxygens (including phenoxy) is 2. The van der Waals surface area contributed by atoms with Gasteiger partial charge in [0.25, 0.3) is 0 Å². The molecule has 0 saturated heterocycles. The molecule has 0 aromatic heterocycles. The summed E-state index contributed by atoms with van der Waals surface area (Å²) in [4.78, 5) is 0. The number of nitrogens with one attached hydrogen (secondary N) is 1. The summed E-state index contributed by atoms with van der Waals surface area (Å²) in [5.74, 6) is 2.64. The van der Waals surface area contributed by atoms with Crippen molar-refractivity contribution in [1.29, 1.82) is 0 Å². The van der Waals surface area contributed by atoms with Crippen LogP contribution in [0, 0.1) is 12.3 Å². The fourth-order valence-corrected chi connectivity index (χ4v) is 1.05. The van der Waals surface area contributed by atoms with Crippen molar-refractivity contribution in [3.63, 3.8) is 0 Å². The van der Waals surface area contributed by atoms with Crippen LogP contribution < -0.4 is 5.32 Å². The highest BCUT2D eigenvalue weighted by Crippen LogP contribution is 1.92. The van der Waals surface area contributed by atoms with Gasteiger partial charge in [-0.05, 0) is 13.0 Å². The maximum Gasteiger partial charge on any atom is 0.0701 e. The lowest BCUT2D eigenvalue weighted by molar-refractivity contribution is 0.0594. The van der Waals surface area contributed by atoms with E-state index in [2.05, 4.69) is 18.2 Å². The highest BCUT2D eigenvalue weighted by atomic mass is 16.5. The molecular weight excluding hydrogens is 178 g/mol. The minimum atomic E-state index is 0.275. The Hall–Kier alpha value is -0.560. The minimum Gasteiger partial charge on any atom is -0.382 e. The van der Waals surface area contributed by atoms with Gasteiger partial charge in [0.15, 0.2) is 0 Å². The predicted molar refractivity (Wildman–Crippen MR) is 58.2 cm³/mol. The van der Waals surface area contributed by atoms with Crippen LogP contribution in [0.4, 0.5) is 0 Å². The molecule has 0 heterocycles. The summed E-state index contributed by atoms with van der Waals surface area (Å²) >= 11 is 0. The Morgan fingerprint density at radius 1 is 1.43 bits per heavy atom. The first-order chi connectivity index (χ1) is 6.85. The molecule has 0 rings (SSSR count). The topological polar surface area (TPSA) is 30.5 Å². The van der Waals surface area contributed by atoms with Crippen molar-refractivity contribution < 1.29 is 9.47 Å². The van der Waals surface area contributed by atoms with Crippen LogP contribution in [0.2, 0.25) is 0 Å². The molecule has 0 bridgehead atoms. The van der Waals surface area contributed by atoms with Gasteiger partial charge < -0.3 is 14.8 Å². The van der Waals surface area contributed by atoms with Crippen LogP contribution in [0.25, 0.3) is 0 Å². The Kier molecular flexibility index (Phi) is 10.1. The molecule has 3 nitrogen and oxygen atoms in total. The van der Waals surface area contributed by atoms with E-state index in [1.165, 1.54) is 0 Å². The molecule has 0 aromatic rings. The summed E-state index contributed by atoms with van der Waals surface area (Å²) in [6, 6.07) is 0.275. The maximum absolute atomic E-state index is 5.40. The third-order valence-corrected chi connectivity index (χ3v) is 1.80. The third kappa shape index (κ3) is 8.06. The van der Waals surface area contributed by atoms with Crippen LogP contribution in [0.3, 0.4) is 0 Å². The molecular formula is C11H21NO2. The Balaban J connectivity index is 3.47. The van der Waals surface area contributed by atoms with Crippen molar-refractivity contribution in [2.75, 3.05) is 33.5 Å². The summed E-state index contributed by atoms with van der Waals surface area (Å²) in [7, 11) is 1.66. The molecule has 0 aliphatic heterocycles. The Labute approximate surface area is 87.2 Å². The molecule has 1 N–H and O–H groups in total. The molecule has 1 unspecified atom stereocenters. The zero-order valence-corrected chi connectivity index (χ0v) is 9.21. The zero-order chi connectivity index (χ0) is 10.6. The Bertz CT molecular complexity index is 154. The van der Waals surface area contributed by atoms with E-state index in [-0.39, 0.29) is 6.04 Å². The first kappa shape index (κ1) is 13.4. The summed E-state index contributed by atoms with van der Waals surface area (Å²) in [5.41, 5.74) is 0. The standard InChI is InChI=1S/C11H21NO2/c1-4-6-11(12-7-5-2)10-14-9-8-13-3/h1,11-12H,5-10H2,2-3H3. The SMILES string of the molecule is C#CCC(COCCOC)NCCC. The lowest BCUT2D eigenvalue weighted by Gasteiger charge is -2.15. The van der Waals surface area contributed by atoms with Crippen LogP contribution >= 0.6 is 0 Å². The van der Waals surface area contributed by atoms with E-state index < -0.39 is 0 Å². The highest BCUT2D eigenvalue weighted by Gasteiger charge is 2.05. The summed E-state index contributed by atoms with van der Waals surface area (Å²) in [6.07, 6.45) is 7.09. The Morgan fingerprint density at radius 3 is 2.79 bits per heavy atom. The largest absolute Gasteiger partial charge is 0.382 e. The van der Waals surface area contributed by atoms with Crippen molar-refractivity contribution >= 4 is 0 Å². The van der Waals surface area contributed by atoms with Gasteiger partial charge >= 0.3 is 0 Å². The van der Waals surface area contributed by atoms with Crippen LogP contribution in [0.1, 0.15) is 19.8 Å². The van der Waals surface area contributed by atoms with E-state index in [0.29, 0.717) is 26.2 Å². The van der Waals surface area contributed by atoms with Crippen LogP contribution in [-0.2, 0) is 9.47 Å². The normalized spacial score (nSPS) is 12.4. The zero-order valence-electron chi connectivity index (χ0n) is 9.21. The van der Waals surface area contributed by atoms with Gasteiger partial charge in [-0.2, -0.15) is 0 Å². The fourth-order valence-electron chi connectivity index (χ4n) is 1.05. The van der Waals surface area contributed by atoms with Gasteiger partial charge in [-0.1, -0.05) is 6.92 Å². The highest BCUT2D eigenvalue weighted by molar-refractivity contribution is 4.89. The Morgan fingerprint density at radius 2 is 2.21 bits per heavy atom. The number of methoxy groups -OCH3 is 1. The van der Waals surface area contributed by atoms with Crippen molar-refractivity contribution in [2.45, 2.75) is 25.8 Å². The average Bonchev–Trinajstić information content (AvgIpc) is 2.20. The average molecular weight is 199 g/mol. The molecule has 0 aliphatic rings. The lowest BCUT2D eigenvalue weighted by atomic mass is 10.2. The molecule has 0 aliphatic carbocycles. The van der Waals surface area contributed by atoms with Gasteiger partial charge in [0.2, 0.25) is 0 Å². The van der Waals surface area contributed by atoms with E-state index >= 15 is 0 Å². The number of hydrogen-bond donors (Lipinski definition) is 1. The first-order valence-corrected chi connectivity index (χ1v) is 5.08. The second-order valence-corrected chi connectivity index (χ2v) is 3.13. The molecule has 82 valence electrons. The van der Waals surface area contributed by atoms with E-state index in [4.69, 9.17) is 15.9 Å². The van der Waals surface area contributed by atoms with Gasteiger partial charge in [0.1, 0.15) is 0 Å². The van der Waals surface area contributed by atoms with Crippen molar-refractivity contribution in [3.8, 4) is 12.3 Å². The summed E-state index contributed by atoms with van der Waals surface area (Å²) in [6.45, 7) is 5.04. The quantitative estimate of drug-likeness (QED) is 0.444. The molecule has 0 radical (unpaired) electrons. The number of rotatable bonds is 9. The van der Waals surface area contributed by atoms with Crippen LogP contribution in [0.15, 0.2) is 0 Å². The predicted octanol–water partition coefficient (Wildman–Crippen LogP) is 1.04. The van der Waals surface area contributed by atoms with Gasteiger partial charge in [0, 0.05) is 19.6 Å². The number of hydrogen-bond acceptors (Lipinski definition) is 3. The van der Waals surface area contributed by atoms with Gasteiger partial charge in [-0.25, -0.2) is 0 Å². The van der Waals surface area contributed by atoms with Crippen molar-refractivity contribution in [3.05, 3.63) is 0 Å². The molecule has 0 fully saturated rings. The van der Waals surface area contributed by atoms with E-state index in [0.717, 1.165) is 13.0 Å². The van der Waals surface area contributed by atoms with Crippen LogP contribution in [-0.4, -0.2) is 39.5 Å². The van der Waals surface area contributed by atoms with Crippen molar-refractivity contribution in [2.24, 2.45) is 0 Å². The lowest BCUT2D eigenvalue weighted by Crippen LogP contribution is -2.34. The van der Waals surface area contributed by atoms with E-state index in [9.17, 15) is 0 Å². The first-order valence-electron chi connectivity index (χ1n) is 5.08.